The number of likely N-dealkylation sites (tertiary alicyclic amines) is 1. The molecule has 7 nitrogen and oxygen atoms in total. The van der Waals surface area contributed by atoms with Gasteiger partial charge in [-0.15, -0.1) is 0 Å². The van der Waals surface area contributed by atoms with Crippen LogP contribution in [0, 0.1) is 0 Å². The van der Waals surface area contributed by atoms with E-state index in [-0.39, 0.29) is 76.9 Å². The largest absolute Gasteiger partial charge is 0.508 e. The fourth-order valence-corrected chi connectivity index (χ4v) is 4.97. The summed E-state index contributed by atoms with van der Waals surface area (Å²) in [5, 5.41) is 14.3. The van der Waals surface area contributed by atoms with Crippen LogP contribution in [0.15, 0.2) is 66.7 Å². The van der Waals surface area contributed by atoms with Gasteiger partial charge in [0.1, 0.15) is 24.4 Å². The number of carbonyl (C=O) groups excluding carboxylic acids is 3. The smallest absolute Gasteiger partial charge is 0.252 e. The molecule has 5 rings (SSSR count). The summed E-state index contributed by atoms with van der Waals surface area (Å²) < 4.78 is 5.60. The highest BCUT2D eigenvalue weighted by Gasteiger charge is 2.45. The lowest BCUT2D eigenvalue weighted by Gasteiger charge is -2.37. The van der Waals surface area contributed by atoms with Gasteiger partial charge in [0.2, 0.25) is 5.91 Å². The maximum Gasteiger partial charge on any atom is 0.252 e. The summed E-state index contributed by atoms with van der Waals surface area (Å²) in [6.45, 7) is 0.468. The van der Waals surface area contributed by atoms with Crippen LogP contribution in [-0.4, -0.2) is 58.9 Å². The first kappa shape index (κ1) is 30.2. The minimum absolute atomic E-state index is 0. The molecule has 3 aromatic rings. The lowest BCUT2D eigenvalue weighted by atomic mass is 9.95. The number of rotatable bonds is 5. The van der Waals surface area contributed by atoms with Gasteiger partial charge in [0.15, 0.2) is 5.78 Å². The molecule has 0 unspecified atom stereocenters. The highest BCUT2D eigenvalue weighted by Crippen LogP contribution is 2.27. The van der Waals surface area contributed by atoms with Gasteiger partial charge in [0.25, 0.3) is 5.91 Å². The monoisotopic (exact) mass is 542 g/mol. The number of ether oxygens (including phenoxy) is 1. The van der Waals surface area contributed by atoms with E-state index < -0.39 is 12.1 Å². The van der Waals surface area contributed by atoms with Crippen molar-refractivity contribution in [2.45, 2.75) is 44.9 Å². The van der Waals surface area contributed by atoms with E-state index in [9.17, 15) is 19.5 Å². The first-order chi connectivity index (χ1) is 16.5. The van der Waals surface area contributed by atoms with Crippen molar-refractivity contribution in [3.05, 3.63) is 77.9 Å². The molecule has 3 atom stereocenters. The molecule has 0 bridgehead atoms. The number of phenolic OH excluding ortho intramolecular Hbond substituents is 1. The Balaban J connectivity index is 0.00000160. The van der Waals surface area contributed by atoms with Crippen molar-refractivity contribution < 1.29 is 24.2 Å². The normalized spacial score (nSPS) is 19.0. The Kier molecular flexibility index (Phi) is 10.6. The fraction of sp³-hybridized carbons (Fsp3) is 0.321. The van der Waals surface area contributed by atoms with Crippen LogP contribution >= 0.6 is 27.0 Å². The number of phenols is 1. The molecule has 2 N–H and O–H groups in total. The Labute approximate surface area is 231 Å². The van der Waals surface area contributed by atoms with Gasteiger partial charge >= 0.3 is 0 Å². The number of nitrogens with zero attached hydrogens (tertiary/aromatic N) is 1. The van der Waals surface area contributed by atoms with Crippen LogP contribution in [0.1, 0.15) is 36.2 Å². The summed E-state index contributed by atoms with van der Waals surface area (Å²) in [6.07, 6.45) is 1.43. The van der Waals surface area contributed by atoms with Crippen LogP contribution in [-0.2, 0) is 20.7 Å². The van der Waals surface area contributed by atoms with Crippen LogP contribution < -0.4 is 5.32 Å². The summed E-state index contributed by atoms with van der Waals surface area (Å²) in [5.74, 6) is -0.618. The molecule has 2 heterocycles. The van der Waals surface area contributed by atoms with Gasteiger partial charge in [-0.1, -0.05) is 56.0 Å². The molecule has 2 aliphatic heterocycles. The SMILES string of the molecule is C.O=C(N[C@@H](Cc1ccc(O)cc1)C(=O)N1CCC[C@@H]2OCC(=O)[C@@H]21)c1cccc2ccccc12.S.S. The number of Topliss-reactive ketones (excluding diaryl/α,β-unsaturated/α-hetero) is 1. The topological polar surface area (TPSA) is 95.9 Å². The zero-order valence-corrected chi connectivity index (χ0v) is 21.6. The van der Waals surface area contributed by atoms with Crippen LogP contribution in [0.5, 0.6) is 5.75 Å². The molecule has 0 aliphatic carbocycles. The zero-order chi connectivity index (χ0) is 23.7. The second-order valence-electron chi connectivity index (χ2n) is 8.86. The maximum atomic E-state index is 13.7. The van der Waals surface area contributed by atoms with Gasteiger partial charge in [-0.3, -0.25) is 14.4 Å². The molecule has 9 heteroatoms. The lowest BCUT2D eigenvalue weighted by molar-refractivity contribution is -0.142. The third kappa shape index (κ3) is 6.29. The van der Waals surface area contributed by atoms with E-state index in [0.717, 1.165) is 29.2 Å². The number of nitrogens with one attached hydrogen (secondary N) is 1. The van der Waals surface area contributed by atoms with E-state index >= 15 is 0 Å². The predicted molar refractivity (Wildman–Crippen MR) is 154 cm³/mol. The van der Waals surface area contributed by atoms with E-state index in [1.807, 2.05) is 36.4 Å². The van der Waals surface area contributed by atoms with Crippen molar-refractivity contribution in [2.75, 3.05) is 13.2 Å². The Morgan fingerprint density at radius 2 is 1.73 bits per heavy atom. The Morgan fingerprint density at radius 1 is 1.03 bits per heavy atom. The van der Waals surface area contributed by atoms with Gasteiger partial charge in [0, 0.05) is 18.5 Å². The minimum atomic E-state index is -0.872. The molecule has 198 valence electrons. The number of piperidine rings is 1. The quantitative estimate of drug-likeness (QED) is 0.513. The average molecular weight is 543 g/mol. The highest BCUT2D eigenvalue weighted by atomic mass is 32.1. The molecule has 2 aliphatic rings. The van der Waals surface area contributed by atoms with Crippen LogP contribution in [0.3, 0.4) is 0 Å². The molecule has 2 saturated heterocycles. The molecule has 37 heavy (non-hydrogen) atoms. The van der Waals surface area contributed by atoms with E-state index in [1.165, 1.54) is 0 Å². The predicted octanol–water partition coefficient (Wildman–Crippen LogP) is 3.71. The van der Waals surface area contributed by atoms with Crippen molar-refractivity contribution in [1.29, 1.82) is 0 Å². The summed E-state index contributed by atoms with van der Waals surface area (Å²) in [4.78, 5) is 41.2. The maximum absolute atomic E-state index is 13.7. The molecule has 0 spiro atoms. The molecular weight excluding hydrogens is 508 g/mol. The number of carbonyl (C=O) groups is 3. The minimum Gasteiger partial charge on any atom is -0.508 e. The van der Waals surface area contributed by atoms with Gasteiger partial charge in [-0.2, -0.15) is 27.0 Å². The number of ketones is 1. The summed E-state index contributed by atoms with van der Waals surface area (Å²) in [6, 6.07) is 18.2. The van der Waals surface area contributed by atoms with E-state index in [1.54, 1.807) is 35.2 Å². The number of amides is 2. The number of fused-ring (bicyclic) bond motifs is 2. The molecule has 3 aromatic carbocycles. The van der Waals surface area contributed by atoms with Gasteiger partial charge in [-0.25, -0.2) is 0 Å². The fourth-order valence-electron chi connectivity index (χ4n) is 4.97. The molecule has 0 aromatic heterocycles. The summed E-state index contributed by atoms with van der Waals surface area (Å²) in [7, 11) is 0. The van der Waals surface area contributed by atoms with Gasteiger partial charge in [0.05, 0.1) is 6.10 Å². The first-order valence-corrected chi connectivity index (χ1v) is 11.5. The summed E-state index contributed by atoms with van der Waals surface area (Å²) in [5.41, 5.74) is 1.27. The molecule has 2 fully saturated rings. The Bertz CT molecular complexity index is 1250. The highest BCUT2D eigenvalue weighted by molar-refractivity contribution is 7.59. The lowest BCUT2D eigenvalue weighted by Crippen LogP contribution is -2.58. The number of aromatic hydroxyl groups is 1. The number of benzene rings is 3. The van der Waals surface area contributed by atoms with E-state index in [4.69, 9.17) is 4.74 Å². The van der Waals surface area contributed by atoms with Crippen LogP contribution in [0.4, 0.5) is 0 Å². The molecular formula is C28H34N2O5S2. The van der Waals surface area contributed by atoms with Crippen molar-refractivity contribution in [3.8, 4) is 5.75 Å². The van der Waals surface area contributed by atoms with Crippen LogP contribution in [0.25, 0.3) is 10.8 Å². The van der Waals surface area contributed by atoms with Crippen LogP contribution in [0.2, 0.25) is 0 Å². The Hall–Kier alpha value is -3.01. The third-order valence-corrected chi connectivity index (χ3v) is 6.64. The molecule has 0 radical (unpaired) electrons. The van der Waals surface area contributed by atoms with Crippen molar-refractivity contribution in [3.63, 3.8) is 0 Å². The standard InChI is InChI=1S/C27H26N2O5.CH4.2H2S/c30-19-12-10-17(11-13-19)15-22(27(33)29-14-4-9-24-25(29)23(31)16-34-24)28-26(32)21-8-3-6-18-5-1-2-7-20(18)21;;;/h1-3,5-8,10-13,22,24-25,30H,4,9,14-16H2,(H,28,32);1H4;2*1H2/t22-,24-,25-;;;/m0.../s1. The van der Waals surface area contributed by atoms with Crippen molar-refractivity contribution in [2.24, 2.45) is 0 Å². The number of hydrogen-bond donors (Lipinski definition) is 2. The molecule has 2 amide bonds. The van der Waals surface area contributed by atoms with Gasteiger partial charge in [-0.05, 0) is 47.4 Å². The number of hydrogen-bond acceptors (Lipinski definition) is 5. The second kappa shape index (κ2) is 13.0. The zero-order valence-electron chi connectivity index (χ0n) is 19.6. The summed E-state index contributed by atoms with van der Waals surface area (Å²) >= 11 is 0. The van der Waals surface area contributed by atoms with Crippen molar-refractivity contribution >= 4 is 55.4 Å². The van der Waals surface area contributed by atoms with E-state index in [2.05, 4.69) is 5.32 Å². The van der Waals surface area contributed by atoms with Crippen molar-refractivity contribution in [1.82, 2.24) is 10.2 Å². The van der Waals surface area contributed by atoms with Gasteiger partial charge < -0.3 is 20.1 Å². The van der Waals surface area contributed by atoms with E-state index in [0.29, 0.717) is 12.1 Å². The average Bonchev–Trinajstić information content (AvgIpc) is 3.25. The second-order valence-corrected chi connectivity index (χ2v) is 8.86. The first-order valence-electron chi connectivity index (χ1n) is 11.5. The Morgan fingerprint density at radius 3 is 2.49 bits per heavy atom. The third-order valence-electron chi connectivity index (χ3n) is 6.64. The molecule has 0 saturated carbocycles.